The fourth-order valence-electron chi connectivity index (χ4n) is 1.34. The van der Waals surface area contributed by atoms with Crippen LogP contribution in [0.25, 0.3) is 0 Å². The Kier molecular flexibility index (Phi) is 3.51. The van der Waals surface area contributed by atoms with Crippen LogP contribution in [0.5, 0.6) is 0 Å². The van der Waals surface area contributed by atoms with Gasteiger partial charge >= 0.3 is 0 Å². The van der Waals surface area contributed by atoms with Crippen LogP contribution < -0.4 is 5.73 Å². The van der Waals surface area contributed by atoms with Gasteiger partial charge in [-0.1, -0.05) is 13.8 Å². The molecule has 1 heterocycles. The number of aliphatic hydroxyl groups is 1. The number of rotatable bonds is 4. The maximum absolute atomic E-state index is 9.85. The average molecular weight is 183 g/mol. The third-order valence-electron chi connectivity index (χ3n) is 2.33. The van der Waals surface area contributed by atoms with E-state index < -0.39 is 6.10 Å². The lowest BCUT2D eigenvalue weighted by Crippen LogP contribution is -2.19. The number of furan rings is 1. The van der Waals surface area contributed by atoms with E-state index in [4.69, 9.17) is 10.2 Å². The first-order valence-corrected chi connectivity index (χ1v) is 4.65. The molecule has 13 heavy (non-hydrogen) atoms. The quantitative estimate of drug-likeness (QED) is 0.743. The molecule has 0 aromatic carbocycles. The molecule has 0 saturated carbocycles. The van der Waals surface area contributed by atoms with Crippen molar-refractivity contribution >= 4 is 0 Å². The summed E-state index contributed by atoms with van der Waals surface area (Å²) in [6.45, 7) is 4.41. The van der Waals surface area contributed by atoms with Crippen LogP contribution in [0.2, 0.25) is 0 Å². The summed E-state index contributed by atoms with van der Waals surface area (Å²) in [5.74, 6) is 0.927. The van der Waals surface area contributed by atoms with Gasteiger partial charge in [-0.25, -0.2) is 0 Å². The molecule has 0 radical (unpaired) electrons. The molecule has 3 heteroatoms. The summed E-state index contributed by atoms with van der Waals surface area (Å²) in [5.41, 5.74) is 6.36. The highest BCUT2D eigenvalue weighted by atomic mass is 16.3. The van der Waals surface area contributed by atoms with E-state index in [1.165, 1.54) is 0 Å². The topological polar surface area (TPSA) is 59.4 Å². The third kappa shape index (κ3) is 2.11. The van der Waals surface area contributed by atoms with Crippen LogP contribution >= 0.6 is 0 Å². The Bertz CT molecular complexity index is 257. The summed E-state index contributed by atoms with van der Waals surface area (Å²) in [7, 11) is 0. The fraction of sp³-hybridized carbons (Fsp3) is 0.600. The number of aliphatic hydroxyl groups excluding tert-OH is 1. The van der Waals surface area contributed by atoms with Crippen LogP contribution in [0.15, 0.2) is 16.7 Å². The summed E-state index contributed by atoms with van der Waals surface area (Å²) in [5, 5.41) is 9.85. The number of hydrogen-bond acceptors (Lipinski definition) is 3. The van der Waals surface area contributed by atoms with Crippen molar-refractivity contribution in [2.45, 2.75) is 26.4 Å². The normalized spacial score (nSPS) is 15.7. The molecule has 74 valence electrons. The van der Waals surface area contributed by atoms with E-state index in [9.17, 15) is 5.11 Å². The first-order chi connectivity index (χ1) is 6.20. The first kappa shape index (κ1) is 10.3. The monoisotopic (exact) mass is 183 g/mol. The Labute approximate surface area is 78.5 Å². The van der Waals surface area contributed by atoms with Gasteiger partial charge in [-0.05, 0) is 18.5 Å². The standard InChI is InChI=1S/C10H17NO2/c1-3-9-8(4-5-13-9)10(12)7(2)6-11/h4-5,7,10,12H,3,6,11H2,1-2H3. The van der Waals surface area contributed by atoms with Gasteiger partial charge in [-0.15, -0.1) is 0 Å². The van der Waals surface area contributed by atoms with Crippen LogP contribution in [0.4, 0.5) is 0 Å². The molecular weight excluding hydrogens is 166 g/mol. The van der Waals surface area contributed by atoms with Gasteiger partial charge < -0.3 is 15.3 Å². The molecule has 0 saturated heterocycles. The Morgan fingerprint density at radius 2 is 2.31 bits per heavy atom. The van der Waals surface area contributed by atoms with Gasteiger partial charge in [0.1, 0.15) is 5.76 Å². The van der Waals surface area contributed by atoms with Crippen LogP contribution in [0.3, 0.4) is 0 Å². The average Bonchev–Trinajstić information content (AvgIpc) is 2.62. The molecule has 3 N–H and O–H groups in total. The van der Waals surface area contributed by atoms with Gasteiger partial charge in [0.05, 0.1) is 12.4 Å². The van der Waals surface area contributed by atoms with Crippen LogP contribution in [-0.4, -0.2) is 11.7 Å². The zero-order valence-electron chi connectivity index (χ0n) is 8.16. The van der Waals surface area contributed by atoms with Crippen molar-refractivity contribution in [2.75, 3.05) is 6.54 Å². The minimum atomic E-state index is -0.501. The van der Waals surface area contributed by atoms with Crippen molar-refractivity contribution < 1.29 is 9.52 Å². The Morgan fingerprint density at radius 3 is 2.85 bits per heavy atom. The molecule has 0 aliphatic rings. The lowest BCUT2D eigenvalue weighted by Gasteiger charge is -2.16. The SMILES string of the molecule is CCc1occc1C(O)C(C)CN. The predicted octanol–water partition coefficient (Wildman–Crippen LogP) is 1.47. The van der Waals surface area contributed by atoms with E-state index in [2.05, 4.69) is 0 Å². The largest absolute Gasteiger partial charge is 0.469 e. The van der Waals surface area contributed by atoms with Gasteiger partial charge in [-0.3, -0.25) is 0 Å². The van der Waals surface area contributed by atoms with E-state index in [1.807, 2.05) is 19.9 Å². The maximum atomic E-state index is 9.85. The van der Waals surface area contributed by atoms with E-state index in [0.717, 1.165) is 17.7 Å². The van der Waals surface area contributed by atoms with Crippen molar-refractivity contribution in [3.05, 3.63) is 23.7 Å². The van der Waals surface area contributed by atoms with Crippen LogP contribution in [0, 0.1) is 5.92 Å². The Morgan fingerprint density at radius 1 is 1.62 bits per heavy atom. The Hall–Kier alpha value is -0.800. The van der Waals surface area contributed by atoms with E-state index in [-0.39, 0.29) is 5.92 Å². The molecular formula is C10H17NO2. The van der Waals surface area contributed by atoms with Gasteiger partial charge in [-0.2, -0.15) is 0 Å². The second-order valence-electron chi connectivity index (χ2n) is 3.31. The third-order valence-corrected chi connectivity index (χ3v) is 2.33. The maximum Gasteiger partial charge on any atom is 0.109 e. The second kappa shape index (κ2) is 4.44. The molecule has 2 atom stereocenters. The molecule has 0 bridgehead atoms. The molecule has 1 aromatic rings. The second-order valence-corrected chi connectivity index (χ2v) is 3.31. The zero-order valence-corrected chi connectivity index (χ0v) is 8.16. The van der Waals surface area contributed by atoms with Crippen molar-refractivity contribution in [3.8, 4) is 0 Å². The molecule has 0 fully saturated rings. The molecule has 1 rings (SSSR count). The van der Waals surface area contributed by atoms with E-state index in [0.29, 0.717) is 6.54 Å². The zero-order chi connectivity index (χ0) is 9.84. The summed E-state index contributed by atoms with van der Waals surface area (Å²) in [6.07, 6.45) is 1.91. The Balaban J connectivity index is 2.81. The van der Waals surface area contributed by atoms with Crippen LogP contribution in [-0.2, 0) is 6.42 Å². The van der Waals surface area contributed by atoms with E-state index >= 15 is 0 Å². The van der Waals surface area contributed by atoms with Crippen molar-refractivity contribution in [2.24, 2.45) is 11.7 Å². The van der Waals surface area contributed by atoms with Crippen molar-refractivity contribution in [1.82, 2.24) is 0 Å². The van der Waals surface area contributed by atoms with Crippen molar-refractivity contribution in [3.63, 3.8) is 0 Å². The smallest absolute Gasteiger partial charge is 0.109 e. The minimum absolute atomic E-state index is 0.0721. The minimum Gasteiger partial charge on any atom is -0.469 e. The molecule has 0 amide bonds. The predicted molar refractivity (Wildman–Crippen MR) is 51.3 cm³/mol. The van der Waals surface area contributed by atoms with Gasteiger partial charge in [0.15, 0.2) is 0 Å². The lowest BCUT2D eigenvalue weighted by molar-refractivity contribution is 0.119. The summed E-state index contributed by atoms with van der Waals surface area (Å²) in [6, 6.07) is 1.82. The molecule has 3 nitrogen and oxygen atoms in total. The summed E-state index contributed by atoms with van der Waals surface area (Å²) in [4.78, 5) is 0. The summed E-state index contributed by atoms with van der Waals surface area (Å²) < 4.78 is 5.23. The van der Waals surface area contributed by atoms with Gasteiger partial charge in [0, 0.05) is 12.0 Å². The molecule has 0 aliphatic carbocycles. The highest BCUT2D eigenvalue weighted by molar-refractivity contribution is 5.20. The molecule has 2 unspecified atom stereocenters. The van der Waals surface area contributed by atoms with E-state index in [1.54, 1.807) is 6.26 Å². The number of hydrogen-bond donors (Lipinski definition) is 2. The highest BCUT2D eigenvalue weighted by Crippen LogP contribution is 2.25. The lowest BCUT2D eigenvalue weighted by atomic mass is 9.97. The number of aryl methyl sites for hydroxylation is 1. The summed E-state index contributed by atoms with van der Waals surface area (Å²) >= 11 is 0. The fourth-order valence-corrected chi connectivity index (χ4v) is 1.34. The molecule has 1 aromatic heterocycles. The molecule has 0 spiro atoms. The number of nitrogens with two attached hydrogens (primary N) is 1. The van der Waals surface area contributed by atoms with Crippen LogP contribution in [0.1, 0.15) is 31.3 Å². The van der Waals surface area contributed by atoms with Crippen molar-refractivity contribution in [1.29, 1.82) is 0 Å². The highest BCUT2D eigenvalue weighted by Gasteiger charge is 2.19. The van der Waals surface area contributed by atoms with Gasteiger partial charge in [0.25, 0.3) is 0 Å². The van der Waals surface area contributed by atoms with Gasteiger partial charge in [0.2, 0.25) is 0 Å². The first-order valence-electron chi connectivity index (χ1n) is 4.65. The molecule has 0 aliphatic heterocycles.